The molecule has 20 heavy (non-hydrogen) atoms. The van der Waals surface area contributed by atoms with Crippen molar-refractivity contribution in [3.05, 3.63) is 41.5 Å². The molecule has 0 radical (unpaired) electrons. The summed E-state index contributed by atoms with van der Waals surface area (Å²) in [6.45, 7) is -0.158. The molecule has 8 heteroatoms. The van der Waals surface area contributed by atoms with E-state index >= 15 is 0 Å². The van der Waals surface area contributed by atoms with Gasteiger partial charge in [-0.1, -0.05) is 0 Å². The lowest BCUT2D eigenvalue weighted by Gasteiger charge is -2.16. The van der Waals surface area contributed by atoms with Crippen LogP contribution < -0.4 is 4.90 Å². The van der Waals surface area contributed by atoms with Gasteiger partial charge in [0.05, 0.1) is 17.8 Å². The van der Waals surface area contributed by atoms with Gasteiger partial charge in [-0.15, -0.1) is 10.2 Å². The number of fused-ring (bicyclic) bond motifs is 1. The minimum Gasteiger partial charge on any atom is -0.319 e. The largest absolute Gasteiger partial charge is 0.319 e. The van der Waals surface area contributed by atoms with Crippen molar-refractivity contribution in [3.8, 4) is 0 Å². The molecule has 102 valence electrons. The summed E-state index contributed by atoms with van der Waals surface area (Å²) in [5.74, 6) is -3.43. The molecule has 1 aliphatic heterocycles. The Hall–Kier alpha value is -2.64. The number of hydrogen-bond donors (Lipinski definition) is 0. The summed E-state index contributed by atoms with van der Waals surface area (Å²) in [7, 11) is 1.64. The fraction of sp³-hybridized carbons (Fsp3) is 0.167. The van der Waals surface area contributed by atoms with Gasteiger partial charge in [0.1, 0.15) is 18.0 Å². The number of halogens is 2. The first-order chi connectivity index (χ1) is 9.50. The second-order valence-corrected chi connectivity index (χ2v) is 4.33. The monoisotopic (exact) mass is 278 g/mol. The standard InChI is InChI=1S/C12H8F2N4O2/c1-17-5-15-16-8(17)4-18-10-7(14)3-2-6(13)9(10)11(19)12(18)20/h2-3,5H,4H2,1H3. The molecule has 0 bridgehead atoms. The van der Waals surface area contributed by atoms with Crippen LogP contribution in [-0.4, -0.2) is 26.5 Å². The van der Waals surface area contributed by atoms with Gasteiger partial charge in [0.25, 0.3) is 11.7 Å². The quantitative estimate of drug-likeness (QED) is 0.763. The maximum atomic E-state index is 13.8. The molecule has 0 saturated heterocycles. The van der Waals surface area contributed by atoms with Gasteiger partial charge >= 0.3 is 0 Å². The molecule has 3 rings (SSSR count). The van der Waals surface area contributed by atoms with Crippen LogP contribution in [-0.2, 0) is 18.4 Å². The SMILES string of the molecule is Cn1cnnc1CN1C(=O)C(=O)c2c(F)ccc(F)c21. The van der Waals surface area contributed by atoms with Gasteiger partial charge in [-0.2, -0.15) is 0 Å². The highest BCUT2D eigenvalue weighted by molar-refractivity contribution is 6.52. The van der Waals surface area contributed by atoms with Gasteiger partial charge in [-0.25, -0.2) is 8.78 Å². The molecule has 0 spiro atoms. The lowest BCUT2D eigenvalue weighted by Crippen LogP contribution is -2.30. The van der Waals surface area contributed by atoms with E-state index in [1.54, 1.807) is 7.05 Å². The van der Waals surface area contributed by atoms with E-state index in [-0.39, 0.29) is 12.2 Å². The van der Waals surface area contributed by atoms with Gasteiger partial charge in [0, 0.05) is 7.05 Å². The third-order valence-electron chi connectivity index (χ3n) is 3.12. The number of rotatable bonds is 2. The summed E-state index contributed by atoms with van der Waals surface area (Å²) >= 11 is 0. The number of ketones is 1. The molecule has 0 N–H and O–H groups in total. The first-order valence-electron chi connectivity index (χ1n) is 5.67. The number of carbonyl (C=O) groups excluding carboxylic acids is 2. The average Bonchev–Trinajstić information content (AvgIpc) is 2.92. The summed E-state index contributed by atoms with van der Waals surface area (Å²) in [5.41, 5.74) is -0.875. The van der Waals surface area contributed by atoms with E-state index in [0.717, 1.165) is 17.0 Å². The molecule has 1 aliphatic rings. The van der Waals surface area contributed by atoms with Crippen molar-refractivity contribution in [1.82, 2.24) is 14.8 Å². The second-order valence-electron chi connectivity index (χ2n) is 4.33. The first kappa shape index (κ1) is 12.4. The summed E-state index contributed by atoms with van der Waals surface area (Å²) in [6.07, 6.45) is 1.40. The zero-order valence-electron chi connectivity index (χ0n) is 10.3. The third-order valence-corrected chi connectivity index (χ3v) is 3.12. The minimum atomic E-state index is -1.06. The van der Waals surface area contributed by atoms with E-state index in [0.29, 0.717) is 5.82 Å². The molecule has 0 atom stereocenters. The van der Waals surface area contributed by atoms with Crippen LogP contribution in [0.2, 0.25) is 0 Å². The molecule has 0 saturated carbocycles. The van der Waals surface area contributed by atoms with Crippen LogP contribution in [0.4, 0.5) is 14.5 Å². The van der Waals surface area contributed by atoms with Crippen molar-refractivity contribution in [2.75, 3.05) is 4.90 Å². The molecule has 1 aromatic heterocycles. The predicted octanol–water partition coefficient (Wildman–Crippen LogP) is 0.823. The van der Waals surface area contributed by atoms with Crippen LogP contribution >= 0.6 is 0 Å². The fourth-order valence-corrected chi connectivity index (χ4v) is 2.09. The molecule has 2 aromatic rings. The van der Waals surface area contributed by atoms with Crippen LogP contribution in [0, 0.1) is 11.6 Å². The number of anilines is 1. The minimum absolute atomic E-state index is 0.158. The van der Waals surface area contributed by atoms with Crippen molar-refractivity contribution in [1.29, 1.82) is 0 Å². The van der Waals surface area contributed by atoms with Gasteiger partial charge in [-0.3, -0.25) is 14.5 Å². The van der Waals surface area contributed by atoms with E-state index in [4.69, 9.17) is 0 Å². The summed E-state index contributed by atoms with van der Waals surface area (Å²) in [6, 6.07) is 1.70. The van der Waals surface area contributed by atoms with Crippen molar-refractivity contribution in [2.24, 2.45) is 7.05 Å². The highest BCUT2D eigenvalue weighted by Gasteiger charge is 2.41. The van der Waals surface area contributed by atoms with E-state index in [1.165, 1.54) is 10.9 Å². The molecule has 1 aromatic carbocycles. The number of aryl methyl sites for hydroxylation is 1. The van der Waals surface area contributed by atoms with Crippen LogP contribution in [0.1, 0.15) is 16.2 Å². The lowest BCUT2D eigenvalue weighted by molar-refractivity contribution is -0.114. The predicted molar refractivity (Wildman–Crippen MR) is 62.9 cm³/mol. The molecule has 1 amide bonds. The first-order valence-corrected chi connectivity index (χ1v) is 5.67. The Labute approximate surface area is 111 Å². The Morgan fingerprint density at radius 2 is 1.90 bits per heavy atom. The number of nitrogens with zero attached hydrogens (tertiary/aromatic N) is 4. The van der Waals surface area contributed by atoms with Gasteiger partial charge in [-0.05, 0) is 12.1 Å². The van der Waals surface area contributed by atoms with Gasteiger partial charge in [0.2, 0.25) is 0 Å². The van der Waals surface area contributed by atoms with E-state index in [1.807, 2.05) is 0 Å². The Balaban J connectivity index is 2.11. The fourth-order valence-electron chi connectivity index (χ4n) is 2.09. The van der Waals surface area contributed by atoms with E-state index in [9.17, 15) is 18.4 Å². The highest BCUT2D eigenvalue weighted by atomic mass is 19.1. The van der Waals surface area contributed by atoms with E-state index < -0.39 is 28.9 Å². The Morgan fingerprint density at radius 1 is 1.20 bits per heavy atom. The van der Waals surface area contributed by atoms with Crippen molar-refractivity contribution in [3.63, 3.8) is 0 Å². The molecule has 2 heterocycles. The molecular formula is C12H8F2N4O2. The molecule has 6 nitrogen and oxygen atoms in total. The molecular weight excluding hydrogens is 270 g/mol. The molecule has 0 unspecified atom stereocenters. The summed E-state index contributed by atoms with van der Waals surface area (Å²) in [5, 5.41) is 7.38. The Kier molecular flexibility index (Phi) is 2.60. The normalized spacial score (nSPS) is 14.1. The average molecular weight is 278 g/mol. The third kappa shape index (κ3) is 1.61. The number of hydrogen-bond acceptors (Lipinski definition) is 4. The Morgan fingerprint density at radius 3 is 2.55 bits per heavy atom. The van der Waals surface area contributed by atoms with Crippen LogP contribution in [0.3, 0.4) is 0 Å². The van der Waals surface area contributed by atoms with Crippen molar-refractivity contribution in [2.45, 2.75) is 6.54 Å². The second kappa shape index (κ2) is 4.19. The van der Waals surface area contributed by atoms with Gasteiger partial charge < -0.3 is 4.57 Å². The number of aromatic nitrogens is 3. The van der Waals surface area contributed by atoms with Crippen molar-refractivity contribution >= 4 is 17.4 Å². The van der Waals surface area contributed by atoms with Crippen LogP contribution in [0.15, 0.2) is 18.5 Å². The topological polar surface area (TPSA) is 68.1 Å². The number of amides is 1. The maximum Gasteiger partial charge on any atom is 0.300 e. The highest BCUT2D eigenvalue weighted by Crippen LogP contribution is 2.34. The lowest BCUT2D eigenvalue weighted by atomic mass is 10.1. The number of Topliss-reactive ketones (excluding diaryl/α,β-unsaturated/α-hetero) is 1. The molecule has 0 aliphatic carbocycles. The Bertz CT molecular complexity index is 741. The number of carbonyl (C=O) groups is 2. The molecule has 0 fully saturated rings. The van der Waals surface area contributed by atoms with Crippen molar-refractivity contribution < 1.29 is 18.4 Å². The van der Waals surface area contributed by atoms with Gasteiger partial charge in [0.15, 0.2) is 5.82 Å². The summed E-state index contributed by atoms with van der Waals surface area (Å²) < 4.78 is 29.0. The van der Waals surface area contributed by atoms with E-state index in [2.05, 4.69) is 10.2 Å². The summed E-state index contributed by atoms with van der Waals surface area (Å²) in [4.78, 5) is 24.5. The van der Waals surface area contributed by atoms with Crippen LogP contribution in [0.5, 0.6) is 0 Å². The zero-order chi connectivity index (χ0) is 14.4. The maximum absolute atomic E-state index is 13.8. The smallest absolute Gasteiger partial charge is 0.300 e. The van der Waals surface area contributed by atoms with Crippen LogP contribution in [0.25, 0.3) is 0 Å². The zero-order valence-corrected chi connectivity index (χ0v) is 10.3. The number of benzene rings is 1.